The largest absolute Gasteiger partial charge is 0.306 e. The average Bonchev–Trinajstić information content (AvgIpc) is 3.19. The molecule has 7 heteroatoms. The summed E-state index contributed by atoms with van der Waals surface area (Å²) in [6.07, 6.45) is 1.85. The molecule has 0 aliphatic rings. The maximum absolute atomic E-state index is 13.2. The number of anilines is 1. The highest BCUT2D eigenvalue weighted by Crippen LogP contribution is 2.31. The summed E-state index contributed by atoms with van der Waals surface area (Å²) in [6, 6.07) is 13.5. The minimum atomic E-state index is -0.311. The summed E-state index contributed by atoms with van der Waals surface area (Å²) in [5.74, 6) is 0.0584. The molecule has 0 fully saturated rings. The Morgan fingerprint density at radius 2 is 1.92 bits per heavy atom. The van der Waals surface area contributed by atoms with Crippen LogP contribution in [0.15, 0.2) is 60.1 Å². The predicted molar refractivity (Wildman–Crippen MR) is 106 cm³/mol. The number of benzene rings is 2. The molecule has 0 bridgehead atoms. The third-order valence-corrected chi connectivity index (χ3v) is 5.43. The Kier molecular flexibility index (Phi) is 4.26. The van der Waals surface area contributed by atoms with Crippen LogP contribution in [0.25, 0.3) is 16.2 Å². The van der Waals surface area contributed by atoms with Gasteiger partial charge in [-0.3, -0.25) is 9.20 Å². The van der Waals surface area contributed by atoms with Gasteiger partial charge in [-0.1, -0.05) is 12.1 Å². The van der Waals surface area contributed by atoms with E-state index in [1.54, 1.807) is 18.2 Å². The van der Waals surface area contributed by atoms with E-state index >= 15 is 0 Å². The van der Waals surface area contributed by atoms with Gasteiger partial charge in [0, 0.05) is 20.7 Å². The molecule has 0 spiro atoms. The number of hydrogen-bond donors (Lipinski definition) is 1. The van der Waals surface area contributed by atoms with Crippen molar-refractivity contribution < 1.29 is 9.18 Å². The number of amides is 1. The van der Waals surface area contributed by atoms with Gasteiger partial charge in [0.15, 0.2) is 4.96 Å². The van der Waals surface area contributed by atoms with Gasteiger partial charge < -0.3 is 5.32 Å². The molecule has 0 saturated heterocycles. The predicted octanol–water partition coefficient (Wildman–Crippen LogP) is 5.06. The summed E-state index contributed by atoms with van der Waals surface area (Å²) in [4.78, 5) is 18.1. The lowest BCUT2D eigenvalue weighted by atomic mass is 10.1. The zero-order chi connectivity index (χ0) is 17.4. The van der Waals surface area contributed by atoms with Crippen LogP contribution < -0.4 is 5.32 Å². The molecule has 0 aliphatic carbocycles. The molecule has 0 atom stereocenters. The van der Waals surface area contributed by atoms with Gasteiger partial charge in [0.1, 0.15) is 17.3 Å². The highest BCUT2D eigenvalue weighted by molar-refractivity contribution is 14.1. The number of nitrogens with zero attached hydrogens (tertiary/aromatic N) is 2. The third kappa shape index (κ3) is 3.05. The van der Waals surface area contributed by atoms with Crippen molar-refractivity contribution in [2.75, 3.05) is 5.32 Å². The molecule has 2 heterocycles. The third-order valence-electron chi connectivity index (χ3n) is 3.73. The maximum Gasteiger partial charge on any atom is 0.257 e. The van der Waals surface area contributed by atoms with Gasteiger partial charge in [-0.25, -0.2) is 9.37 Å². The molecule has 4 nitrogen and oxygen atoms in total. The number of thiazole rings is 1. The van der Waals surface area contributed by atoms with Crippen LogP contribution in [0.4, 0.5) is 10.2 Å². The van der Waals surface area contributed by atoms with Crippen molar-refractivity contribution in [3.63, 3.8) is 0 Å². The van der Waals surface area contributed by atoms with E-state index in [0.717, 1.165) is 14.1 Å². The summed E-state index contributed by atoms with van der Waals surface area (Å²) < 4.78 is 15.9. The minimum absolute atomic E-state index is 0.207. The van der Waals surface area contributed by atoms with Crippen LogP contribution in [0.3, 0.4) is 0 Å². The number of fused-ring (bicyclic) bond motifs is 1. The van der Waals surface area contributed by atoms with E-state index in [-0.39, 0.29) is 11.7 Å². The Bertz CT molecular complexity index is 1070. The summed E-state index contributed by atoms with van der Waals surface area (Å²) in [5.41, 5.74) is 1.96. The van der Waals surface area contributed by atoms with Crippen molar-refractivity contribution >= 4 is 50.6 Å². The highest BCUT2D eigenvalue weighted by Gasteiger charge is 2.19. The van der Waals surface area contributed by atoms with E-state index in [1.807, 2.05) is 34.2 Å². The molecule has 0 aliphatic heterocycles. The normalized spacial score (nSPS) is 11.0. The van der Waals surface area contributed by atoms with E-state index < -0.39 is 0 Å². The molecular weight excluding hydrogens is 452 g/mol. The molecule has 2 aromatic heterocycles. The van der Waals surface area contributed by atoms with Gasteiger partial charge in [-0.2, -0.15) is 0 Å². The molecule has 2 aromatic carbocycles. The Hall–Kier alpha value is -2.26. The van der Waals surface area contributed by atoms with Crippen molar-refractivity contribution in [1.29, 1.82) is 0 Å². The van der Waals surface area contributed by atoms with Gasteiger partial charge in [-0.15, -0.1) is 11.3 Å². The molecular formula is C18H11FIN3OS. The van der Waals surface area contributed by atoms with Crippen LogP contribution in [-0.2, 0) is 0 Å². The number of halogens is 2. The summed E-state index contributed by atoms with van der Waals surface area (Å²) in [6.45, 7) is 0. The molecule has 124 valence electrons. The van der Waals surface area contributed by atoms with Crippen LogP contribution in [0.2, 0.25) is 0 Å². The highest BCUT2D eigenvalue weighted by atomic mass is 127. The average molecular weight is 463 g/mol. The van der Waals surface area contributed by atoms with E-state index in [1.165, 1.54) is 23.5 Å². The summed E-state index contributed by atoms with van der Waals surface area (Å²) in [5, 5.41) is 4.86. The van der Waals surface area contributed by atoms with Gasteiger partial charge in [0.2, 0.25) is 0 Å². The van der Waals surface area contributed by atoms with Crippen molar-refractivity contribution in [2.24, 2.45) is 0 Å². The smallest absolute Gasteiger partial charge is 0.257 e. The number of imidazole rings is 1. The second-order valence-corrected chi connectivity index (χ2v) is 7.34. The minimum Gasteiger partial charge on any atom is -0.306 e. The van der Waals surface area contributed by atoms with Crippen LogP contribution in [0.1, 0.15) is 10.4 Å². The lowest BCUT2D eigenvalue weighted by Crippen LogP contribution is -2.15. The van der Waals surface area contributed by atoms with Crippen molar-refractivity contribution in [3.05, 3.63) is 75.1 Å². The van der Waals surface area contributed by atoms with Crippen LogP contribution in [0, 0.1) is 9.39 Å². The molecule has 25 heavy (non-hydrogen) atoms. The standard InChI is InChI=1S/C18H11FIN3OS/c19-12-7-5-11(6-8-12)15-16(23-9-10-25-18(23)21-15)22-17(24)13-3-1-2-4-14(13)20/h1-10H,(H,22,24). The van der Waals surface area contributed by atoms with Gasteiger partial charge in [-0.05, 0) is 59.0 Å². The first-order chi connectivity index (χ1) is 12.1. The Morgan fingerprint density at radius 1 is 1.16 bits per heavy atom. The van der Waals surface area contributed by atoms with Gasteiger partial charge in [0.05, 0.1) is 5.56 Å². The first-order valence-electron chi connectivity index (χ1n) is 7.41. The van der Waals surface area contributed by atoms with Crippen LogP contribution >= 0.6 is 33.9 Å². The molecule has 1 amide bonds. The Balaban J connectivity index is 1.79. The second kappa shape index (κ2) is 6.57. The second-order valence-electron chi connectivity index (χ2n) is 5.31. The quantitative estimate of drug-likeness (QED) is 0.432. The number of carbonyl (C=O) groups is 1. The fourth-order valence-corrected chi connectivity index (χ4v) is 3.88. The molecule has 4 rings (SSSR count). The van der Waals surface area contributed by atoms with Crippen LogP contribution in [0.5, 0.6) is 0 Å². The summed E-state index contributed by atoms with van der Waals surface area (Å²) in [7, 11) is 0. The van der Waals surface area contributed by atoms with Crippen molar-refractivity contribution in [2.45, 2.75) is 0 Å². The van der Waals surface area contributed by atoms with Crippen LogP contribution in [-0.4, -0.2) is 15.3 Å². The lowest BCUT2D eigenvalue weighted by Gasteiger charge is -2.08. The molecule has 4 aromatic rings. The number of rotatable bonds is 3. The van der Waals surface area contributed by atoms with Gasteiger partial charge >= 0.3 is 0 Å². The molecule has 0 unspecified atom stereocenters. The van der Waals surface area contributed by atoms with E-state index in [4.69, 9.17) is 0 Å². The fraction of sp³-hybridized carbons (Fsp3) is 0. The van der Waals surface area contributed by atoms with E-state index in [2.05, 4.69) is 32.9 Å². The lowest BCUT2D eigenvalue weighted by molar-refractivity contribution is 0.102. The number of nitrogens with one attached hydrogen (secondary N) is 1. The maximum atomic E-state index is 13.2. The molecule has 1 N–H and O–H groups in total. The zero-order valence-corrected chi connectivity index (χ0v) is 15.7. The fourth-order valence-electron chi connectivity index (χ4n) is 2.53. The number of carbonyl (C=O) groups excluding carboxylic acids is 1. The number of aromatic nitrogens is 2. The number of hydrogen-bond acceptors (Lipinski definition) is 3. The molecule has 0 saturated carbocycles. The first-order valence-corrected chi connectivity index (χ1v) is 9.36. The SMILES string of the molecule is O=C(Nc1c(-c2ccc(F)cc2)nc2sccn12)c1ccccc1I. The van der Waals surface area contributed by atoms with Gasteiger partial charge in [0.25, 0.3) is 5.91 Å². The Labute approximate surface area is 160 Å². The monoisotopic (exact) mass is 463 g/mol. The first kappa shape index (κ1) is 16.2. The van der Waals surface area contributed by atoms with E-state index in [9.17, 15) is 9.18 Å². The zero-order valence-electron chi connectivity index (χ0n) is 12.7. The topological polar surface area (TPSA) is 46.4 Å². The van der Waals surface area contributed by atoms with Crippen molar-refractivity contribution in [1.82, 2.24) is 9.38 Å². The Morgan fingerprint density at radius 3 is 2.68 bits per heavy atom. The summed E-state index contributed by atoms with van der Waals surface area (Å²) >= 11 is 3.61. The van der Waals surface area contributed by atoms with E-state index in [0.29, 0.717) is 17.1 Å². The molecule has 0 radical (unpaired) electrons. The van der Waals surface area contributed by atoms with Crippen molar-refractivity contribution in [3.8, 4) is 11.3 Å².